The first-order valence-electron chi connectivity index (χ1n) is 8.04. The van der Waals surface area contributed by atoms with E-state index in [9.17, 15) is 4.79 Å². The Kier molecular flexibility index (Phi) is 6.56. The first kappa shape index (κ1) is 19.0. The molecule has 1 aromatic heterocycles. The van der Waals surface area contributed by atoms with E-state index in [0.29, 0.717) is 24.4 Å². The number of halogens is 1. The number of benzene rings is 2. The Morgan fingerprint density at radius 1 is 1.20 bits per heavy atom. The van der Waals surface area contributed by atoms with E-state index in [0.717, 1.165) is 16.8 Å². The average molecular weight is 360 g/mol. The van der Waals surface area contributed by atoms with Crippen LogP contribution < -0.4 is 10.6 Å². The quantitative estimate of drug-likeness (QED) is 0.705. The summed E-state index contributed by atoms with van der Waals surface area (Å²) in [7, 11) is 1.83. The Balaban J connectivity index is 0.00000225. The zero-order valence-corrected chi connectivity index (χ0v) is 15.1. The van der Waals surface area contributed by atoms with Gasteiger partial charge in [0.15, 0.2) is 11.5 Å². The number of fused-ring (bicyclic) bond motifs is 1. The van der Waals surface area contributed by atoms with Gasteiger partial charge in [0.05, 0.1) is 0 Å². The lowest BCUT2D eigenvalue weighted by atomic mass is 10.1. The molecule has 2 aromatic carbocycles. The highest BCUT2D eigenvalue weighted by molar-refractivity contribution is 5.94. The van der Waals surface area contributed by atoms with Crippen molar-refractivity contribution in [3.8, 4) is 0 Å². The summed E-state index contributed by atoms with van der Waals surface area (Å²) in [5.74, 6) is 0.546. The summed E-state index contributed by atoms with van der Waals surface area (Å²) in [4.78, 5) is 16.6. The van der Waals surface area contributed by atoms with Crippen molar-refractivity contribution in [2.24, 2.45) is 5.92 Å². The molecule has 1 amide bonds. The molecule has 0 aliphatic heterocycles. The molecule has 0 saturated heterocycles. The van der Waals surface area contributed by atoms with Gasteiger partial charge in [0.25, 0.3) is 0 Å². The fourth-order valence-corrected chi connectivity index (χ4v) is 2.56. The number of hydrogen-bond donors (Lipinski definition) is 2. The number of hydrogen-bond acceptors (Lipinski definition) is 4. The van der Waals surface area contributed by atoms with Gasteiger partial charge in [-0.3, -0.25) is 4.79 Å². The SMILES string of the molecule is CNCC(C)C(=O)Nc1ccc2nc(Cc3ccccc3)oc2c1.Cl. The van der Waals surface area contributed by atoms with Gasteiger partial charge < -0.3 is 15.1 Å². The minimum atomic E-state index is -0.103. The summed E-state index contributed by atoms with van der Waals surface area (Å²) >= 11 is 0. The number of nitrogens with one attached hydrogen (secondary N) is 2. The molecule has 1 heterocycles. The van der Waals surface area contributed by atoms with E-state index in [4.69, 9.17) is 4.42 Å². The monoisotopic (exact) mass is 359 g/mol. The van der Waals surface area contributed by atoms with Crippen molar-refractivity contribution in [2.45, 2.75) is 13.3 Å². The molecule has 3 rings (SSSR count). The maximum atomic E-state index is 12.1. The third kappa shape index (κ3) is 4.81. The first-order chi connectivity index (χ1) is 11.7. The molecule has 0 saturated carbocycles. The molecular formula is C19H22ClN3O2. The number of aromatic nitrogens is 1. The van der Waals surface area contributed by atoms with Crippen LogP contribution in [-0.4, -0.2) is 24.5 Å². The highest BCUT2D eigenvalue weighted by atomic mass is 35.5. The second kappa shape index (κ2) is 8.65. The summed E-state index contributed by atoms with van der Waals surface area (Å²) in [5.41, 5.74) is 3.35. The normalized spacial score (nSPS) is 11.8. The van der Waals surface area contributed by atoms with Crippen molar-refractivity contribution in [2.75, 3.05) is 18.9 Å². The van der Waals surface area contributed by atoms with Crippen molar-refractivity contribution < 1.29 is 9.21 Å². The number of amides is 1. The van der Waals surface area contributed by atoms with E-state index >= 15 is 0 Å². The van der Waals surface area contributed by atoms with Gasteiger partial charge in [-0.15, -0.1) is 12.4 Å². The second-order valence-corrected chi connectivity index (χ2v) is 5.90. The number of carbonyl (C=O) groups is 1. The van der Waals surface area contributed by atoms with Gasteiger partial charge in [-0.1, -0.05) is 37.3 Å². The summed E-state index contributed by atoms with van der Waals surface area (Å²) in [6.07, 6.45) is 0.649. The number of carbonyl (C=O) groups excluding carboxylic acids is 1. The van der Waals surface area contributed by atoms with Crippen LogP contribution in [0.15, 0.2) is 52.9 Å². The number of rotatable bonds is 6. The van der Waals surface area contributed by atoms with Crippen LogP contribution in [0, 0.1) is 5.92 Å². The van der Waals surface area contributed by atoms with Crippen molar-refractivity contribution in [3.05, 3.63) is 60.0 Å². The van der Waals surface area contributed by atoms with Crippen LogP contribution in [0.3, 0.4) is 0 Å². The zero-order valence-electron chi connectivity index (χ0n) is 14.3. The Labute approximate surface area is 153 Å². The van der Waals surface area contributed by atoms with E-state index in [1.165, 1.54) is 0 Å². The Hall–Kier alpha value is -2.37. The van der Waals surface area contributed by atoms with E-state index in [1.54, 1.807) is 0 Å². The standard InChI is InChI=1S/C19H21N3O2.ClH/c1-13(12-20-2)19(23)21-15-8-9-16-17(11-15)24-18(22-16)10-14-6-4-3-5-7-14;/h3-9,11,13,20H,10,12H2,1-2H3,(H,21,23);1H. The number of anilines is 1. The number of oxazole rings is 1. The molecule has 0 fully saturated rings. The van der Waals surface area contributed by atoms with E-state index in [2.05, 4.69) is 15.6 Å². The van der Waals surface area contributed by atoms with Gasteiger partial charge >= 0.3 is 0 Å². The predicted octanol–water partition coefficient (Wildman–Crippen LogP) is 3.63. The summed E-state index contributed by atoms with van der Waals surface area (Å²) in [6, 6.07) is 15.6. The molecule has 0 radical (unpaired) electrons. The van der Waals surface area contributed by atoms with Gasteiger partial charge in [-0.25, -0.2) is 4.98 Å². The van der Waals surface area contributed by atoms with Crippen molar-refractivity contribution >= 4 is 35.1 Å². The van der Waals surface area contributed by atoms with Crippen LogP contribution in [0.25, 0.3) is 11.1 Å². The lowest BCUT2D eigenvalue weighted by molar-refractivity contribution is -0.119. The smallest absolute Gasteiger partial charge is 0.228 e. The summed E-state index contributed by atoms with van der Waals surface area (Å²) in [6.45, 7) is 2.52. The minimum absolute atomic E-state index is 0. The molecule has 0 aliphatic carbocycles. The summed E-state index contributed by atoms with van der Waals surface area (Å²) in [5, 5.41) is 5.91. The lowest BCUT2D eigenvalue weighted by Crippen LogP contribution is -2.28. The molecule has 0 aliphatic rings. The first-order valence-corrected chi connectivity index (χ1v) is 8.04. The highest BCUT2D eigenvalue weighted by Crippen LogP contribution is 2.22. The molecule has 1 unspecified atom stereocenters. The van der Waals surface area contributed by atoms with E-state index < -0.39 is 0 Å². The fraction of sp³-hybridized carbons (Fsp3) is 0.263. The van der Waals surface area contributed by atoms with E-state index in [-0.39, 0.29) is 24.2 Å². The molecule has 2 N–H and O–H groups in total. The Bertz CT molecular complexity index is 833. The van der Waals surface area contributed by atoms with E-state index in [1.807, 2.05) is 62.5 Å². The van der Waals surface area contributed by atoms with Gasteiger partial charge in [-0.05, 0) is 24.7 Å². The fourth-order valence-electron chi connectivity index (χ4n) is 2.56. The van der Waals surface area contributed by atoms with Gasteiger partial charge in [0.1, 0.15) is 5.52 Å². The van der Waals surface area contributed by atoms with Crippen molar-refractivity contribution in [1.29, 1.82) is 0 Å². The van der Waals surface area contributed by atoms with Gasteiger partial charge in [-0.2, -0.15) is 0 Å². The van der Waals surface area contributed by atoms with Crippen LogP contribution in [0.4, 0.5) is 5.69 Å². The van der Waals surface area contributed by atoms with Crippen LogP contribution >= 0.6 is 12.4 Å². The Morgan fingerprint density at radius 2 is 1.96 bits per heavy atom. The topological polar surface area (TPSA) is 67.2 Å². The molecule has 6 heteroatoms. The van der Waals surface area contributed by atoms with Crippen LogP contribution in [0.5, 0.6) is 0 Å². The summed E-state index contributed by atoms with van der Waals surface area (Å²) < 4.78 is 5.83. The van der Waals surface area contributed by atoms with Gasteiger partial charge in [0, 0.05) is 30.6 Å². The second-order valence-electron chi connectivity index (χ2n) is 5.90. The highest BCUT2D eigenvalue weighted by Gasteiger charge is 2.13. The zero-order chi connectivity index (χ0) is 16.9. The van der Waals surface area contributed by atoms with Crippen LogP contribution in [0.2, 0.25) is 0 Å². The van der Waals surface area contributed by atoms with Crippen molar-refractivity contribution in [1.82, 2.24) is 10.3 Å². The third-order valence-electron chi connectivity index (χ3n) is 3.86. The van der Waals surface area contributed by atoms with Gasteiger partial charge in [0.2, 0.25) is 5.91 Å². The molecule has 132 valence electrons. The minimum Gasteiger partial charge on any atom is -0.440 e. The predicted molar refractivity (Wildman–Crippen MR) is 102 cm³/mol. The molecule has 3 aromatic rings. The molecule has 5 nitrogen and oxygen atoms in total. The van der Waals surface area contributed by atoms with Crippen LogP contribution in [-0.2, 0) is 11.2 Å². The third-order valence-corrected chi connectivity index (χ3v) is 3.86. The molecule has 1 atom stereocenters. The number of nitrogens with zero attached hydrogens (tertiary/aromatic N) is 1. The molecule has 25 heavy (non-hydrogen) atoms. The lowest BCUT2D eigenvalue weighted by Gasteiger charge is -2.11. The Morgan fingerprint density at radius 3 is 2.68 bits per heavy atom. The van der Waals surface area contributed by atoms with Crippen LogP contribution in [0.1, 0.15) is 18.4 Å². The maximum absolute atomic E-state index is 12.1. The maximum Gasteiger partial charge on any atom is 0.228 e. The largest absolute Gasteiger partial charge is 0.440 e. The molecular weight excluding hydrogens is 338 g/mol. The molecule has 0 spiro atoms. The van der Waals surface area contributed by atoms with Crippen molar-refractivity contribution in [3.63, 3.8) is 0 Å². The average Bonchev–Trinajstić information content (AvgIpc) is 2.97. The molecule has 0 bridgehead atoms.